The molecule has 1 aromatic carbocycles. The number of amides is 1. The van der Waals surface area contributed by atoms with Crippen molar-refractivity contribution in [2.24, 2.45) is 0 Å². The number of nitrogens with one attached hydrogen (secondary N) is 2. The van der Waals surface area contributed by atoms with Crippen LogP contribution in [0.5, 0.6) is 0 Å². The van der Waals surface area contributed by atoms with Crippen LogP contribution in [-0.2, 0) is 10.3 Å². The number of pyridine rings is 1. The predicted molar refractivity (Wildman–Crippen MR) is 125 cm³/mol. The fourth-order valence-corrected chi connectivity index (χ4v) is 3.44. The van der Waals surface area contributed by atoms with E-state index in [0.717, 1.165) is 5.69 Å². The summed E-state index contributed by atoms with van der Waals surface area (Å²) in [5.41, 5.74) is 1.11. The normalized spacial score (nSPS) is 14.2. The summed E-state index contributed by atoms with van der Waals surface area (Å²) >= 11 is 6.01. The van der Waals surface area contributed by atoms with E-state index in [0.29, 0.717) is 54.5 Å². The van der Waals surface area contributed by atoms with E-state index >= 15 is 0 Å². The van der Waals surface area contributed by atoms with Gasteiger partial charge in [-0.15, -0.1) is 0 Å². The second-order valence-corrected chi connectivity index (χ2v) is 8.40. The lowest BCUT2D eigenvalue weighted by atomic mass is 9.99. The lowest BCUT2D eigenvalue weighted by Crippen LogP contribution is -2.43. The Kier molecular flexibility index (Phi) is 6.53. The Bertz CT molecular complexity index is 1070. The minimum atomic E-state index is -0.769. The first-order valence-corrected chi connectivity index (χ1v) is 10.8. The Morgan fingerprint density at radius 1 is 1.09 bits per heavy atom. The van der Waals surface area contributed by atoms with Crippen LogP contribution in [0.2, 0.25) is 5.02 Å². The van der Waals surface area contributed by atoms with Crippen molar-refractivity contribution in [2.75, 3.05) is 36.5 Å². The summed E-state index contributed by atoms with van der Waals surface area (Å²) in [6.07, 6.45) is 1.59. The SMILES string of the molecule is CC(C)(NC(=O)c1ccccn1)c1cc(Nc2ccc(Cl)cc2)nc(N2CCOCC2)n1. The molecular weight excluding hydrogens is 428 g/mol. The molecule has 3 aromatic rings. The summed E-state index contributed by atoms with van der Waals surface area (Å²) in [4.78, 5) is 28.5. The molecule has 2 aromatic heterocycles. The summed E-state index contributed by atoms with van der Waals surface area (Å²) < 4.78 is 5.47. The molecule has 0 saturated carbocycles. The van der Waals surface area contributed by atoms with Gasteiger partial charge in [-0.05, 0) is 50.2 Å². The van der Waals surface area contributed by atoms with Crippen LogP contribution in [0.1, 0.15) is 30.0 Å². The van der Waals surface area contributed by atoms with Gasteiger partial charge in [-0.2, -0.15) is 4.98 Å². The first-order chi connectivity index (χ1) is 15.4. The van der Waals surface area contributed by atoms with Crippen LogP contribution in [0.15, 0.2) is 54.7 Å². The molecule has 9 heteroatoms. The van der Waals surface area contributed by atoms with Crippen molar-refractivity contribution in [2.45, 2.75) is 19.4 Å². The third kappa shape index (κ3) is 5.33. The van der Waals surface area contributed by atoms with Crippen LogP contribution in [0.4, 0.5) is 17.5 Å². The van der Waals surface area contributed by atoms with Gasteiger partial charge in [-0.25, -0.2) is 4.98 Å². The zero-order valence-corrected chi connectivity index (χ0v) is 18.8. The molecule has 166 valence electrons. The zero-order valence-electron chi connectivity index (χ0n) is 18.0. The van der Waals surface area contributed by atoms with E-state index in [1.807, 2.05) is 44.2 Å². The lowest BCUT2D eigenvalue weighted by molar-refractivity contribution is 0.0905. The third-order valence-corrected chi connectivity index (χ3v) is 5.34. The molecule has 0 bridgehead atoms. The van der Waals surface area contributed by atoms with Crippen molar-refractivity contribution < 1.29 is 9.53 Å². The number of hydrogen-bond acceptors (Lipinski definition) is 7. The Morgan fingerprint density at radius 3 is 2.53 bits per heavy atom. The fraction of sp³-hybridized carbons (Fsp3) is 0.304. The topological polar surface area (TPSA) is 92.3 Å². The summed E-state index contributed by atoms with van der Waals surface area (Å²) in [6, 6.07) is 14.5. The predicted octanol–water partition coefficient (Wildman–Crippen LogP) is 3.77. The Morgan fingerprint density at radius 2 is 1.84 bits per heavy atom. The number of hydrogen-bond donors (Lipinski definition) is 2. The molecule has 0 aliphatic carbocycles. The Balaban J connectivity index is 1.65. The number of ether oxygens (including phenoxy) is 1. The summed E-state index contributed by atoms with van der Waals surface area (Å²) in [7, 11) is 0. The van der Waals surface area contributed by atoms with Gasteiger partial charge in [0.2, 0.25) is 5.95 Å². The Hall–Kier alpha value is -3.23. The van der Waals surface area contributed by atoms with Gasteiger partial charge in [0.05, 0.1) is 24.4 Å². The molecular formula is C23H25ClN6O2. The van der Waals surface area contributed by atoms with E-state index in [-0.39, 0.29) is 5.91 Å². The van der Waals surface area contributed by atoms with Crippen molar-refractivity contribution in [3.05, 3.63) is 71.1 Å². The highest BCUT2D eigenvalue weighted by molar-refractivity contribution is 6.30. The van der Waals surface area contributed by atoms with Crippen molar-refractivity contribution >= 4 is 35.0 Å². The van der Waals surface area contributed by atoms with Gasteiger partial charge in [-0.3, -0.25) is 9.78 Å². The maximum Gasteiger partial charge on any atom is 0.270 e. The highest BCUT2D eigenvalue weighted by atomic mass is 35.5. The number of anilines is 3. The molecule has 2 N–H and O–H groups in total. The number of rotatable bonds is 6. The molecule has 4 rings (SSSR count). The molecule has 0 atom stereocenters. The summed E-state index contributed by atoms with van der Waals surface area (Å²) in [5, 5.41) is 7.01. The molecule has 1 amide bonds. The van der Waals surface area contributed by atoms with Gasteiger partial charge in [0.1, 0.15) is 11.5 Å². The van der Waals surface area contributed by atoms with E-state index in [1.165, 1.54) is 0 Å². The Labute approximate surface area is 192 Å². The van der Waals surface area contributed by atoms with Crippen LogP contribution in [0, 0.1) is 0 Å². The van der Waals surface area contributed by atoms with E-state index in [1.54, 1.807) is 24.4 Å². The average Bonchev–Trinajstić information content (AvgIpc) is 2.81. The van der Waals surface area contributed by atoms with Crippen LogP contribution >= 0.6 is 11.6 Å². The monoisotopic (exact) mass is 452 g/mol. The number of halogens is 1. The number of carbonyl (C=O) groups is 1. The van der Waals surface area contributed by atoms with E-state index in [2.05, 4.69) is 20.5 Å². The van der Waals surface area contributed by atoms with Crippen molar-refractivity contribution in [1.29, 1.82) is 0 Å². The van der Waals surface area contributed by atoms with E-state index < -0.39 is 5.54 Å². The molecule has 1 aliphatic heterocycles. The van der Waals surface area contributed by atoms with Gasteiger partial charge < -0.3 is 20.3 Å². The number of benzene rings is 1. The largest absolute Gasteiger partial charge is 0.378 e. The molecule has 0 spiro atoms. The minimum Gasteiger partial charge on any atom is -0.378 e. The molecule has 32 heavy (non-hydrogen) atoms. The highest BCUT2D eigenvalue weighted by Crippen LogP contribution is 2.26. The van der Waals surface area contributed by atoms with Gasteiger partial charge in [0.15, 0.2) is 0 Å². The first-order valence-electron chi connectivity index (χ1n) is 10.4. The van der Waals surface area contributed by atoms with Gasteiger partial charge in [0.25, 0.3) is 5.91 Å². The average molecular weight is 453 g/mol. The standard InChI is InChI=1S/C23H25ClN6O2/c1-23(2,29-21(31)18-5-3-4-10-25-18)19-15-20(26-17-8-6-16(24)7-9-17)28-22(27-19)30-11-13-32-14-12-30/h3-10,15H,11-14H2,1-2H3,(H,29,31)(H,26,27,28). The minimum absolute atomic E-state index is 0.269. The second kappa shape index (κ2) is 9.50. The lowest BCUT2D eigenvalue weighted by Gasteiger charge is -2.30. The van der Waals surface area contributed by atoms with Crippen LogP contribution < -0.4 is 15.5 Å². The van der Waals surface area contributed by atoms with Gasteiger partial charge in [0, 0.05) is 36.1 Å². The molecule has 1 saturated heterocycles. The molecule has 1 fully saturated rings. The van der Waals surface area contributed by atoms with E-state index in [4.69, 9.17) is 26.3 Å². The maximum absolute atomic E-state index is 12.8. The number of morpholine rings is 1. The summed E-state index contributed by atoms with van der Waals surface area (Å²) in [5.74, 6) is 0.941. The number of carbonyl (C=O) groups excluding carboxylic acids is 1. The molecule has 0 radical (unpaired) electrons. The fourth-order valence-electron chi connectivity index (χ4n) is 3.31. The molecule has 3 heterocycles. The maximum atomic E-state index is 12.8. The molecule has 8 nitrogen and oxygen atoms in total. The number of aromatic nitrogens is 3. The van der Waals surface area contributed by atoms with Crippen molar-refractivity contribution in [3.8, 4) is 0 Å². The van der Waals surface area contributed by atoms with E-state index in [9.17, 15) is 4.79 Å². The first kappa shape index (κ1) is 22.0. The molecule has 0 unspecified atom stereocenters. The zero-order chi connectivity index (χ0) is 22.6. The van der Waals surface area contributed by atoms with Crippen LogP contribution in [-0.4, -0.2) is 47.2 Å². The smallest absolute Gasteiger partial charge is 0.270 e. The summed E-state index contributed by atoms with van der Waals surface area (Å²) in [6.45, 7) is 6.45. The van der Waals surface area contributed by atoms with Crippen molar-refractivity contribution in [1.82, 2.24) is 20.3 Å². The second-order valence-electron chi connectivity index (χ2n) is 7.96. The third-order valence-electron chi connectivity index (χ3n) is 5.09. The quantitative estimate of drug-likeness (QED) is 0.588. The highest BCUT2D eigenvalue weighted by Gasteiger charge is 2.28. The van der Waals surface area contributed by atoms with Crippen LogP contribution in [0.25, 0.3) is 0 Å². The van der Waals surface area contributed by atoms with Gasteiger partial charge >= 0.3 is 0 Å². The van der Waals surface area contributed by atoms with Crippen LogP contribution in [0.3, 0.4) is 0 Å². The van der Waals surface area contributed by atoms with Gasteiger partial charge in [-0.1, -0.05) is 17.7 Å². The number of nitrogens with zero attached hydrogens (tertiary/aromatic N) is 4. The van der Waals surface area contributed by atoms with Crippen molar-refractivity contribution in [3.63, 3.8) is 0 Å². The molecule has 1 aliphatic rings.